The first-order chi connectivity index (χ1) is 10.2. The van der Waals surface area contributed by atoms with E-state index in [0.29, 0.717) is 21.8 Å². The van der Waals surface area contributed by atoms with Crippen LogP contribution >= 0.6 is 23.5 Å². The van der Waals surface area contributed by atoms with Crippen LogP contribution in [0.25, 0.3) is 0 Å². The molecule has 0 saturated heterocycles. The summed E-state index contributed by atoms with van der Waals surface area (Å²) in [5.41, 5.74) is 1.24. The van der Waals surface area contributed by atoms with Crippen molar-refractivity contribution in [2.24, 2.45) is 0 Å². The Kier molecular flexibility index (Phi) is 5.46. The summed E-state index contributed by atoms with van der Waals surface area (Å²) in [6.45, 7) is 0. The highest BCUT2D eigenvalue weighted by Gasteiger charge is 2.20. The Morgan fingerprint density at radius 3 is 2.57 bits per heavy atom. The SMILES string of the molecule is CNc1nc(SC)nc(SCc2ccccc2)c1C(=O)O. The number of benzene rings is 1. The second kappa shape index (κ2) is 7.33. The van der Waals surface area contributed by atoms with Crippen molar-refractivity contribution in [2.45, 2.75) is 15.9 Å². The maximum absolute atomic E-state index is 11.5. The van der Waals surface area contributed by atoms with E-state index in [1.54, 1.807) is 7.05 Å². The molecule has 2 rings (SSSR count). The largest absolute Gasteiger partial charge is 0.477 e. The van der Waals surface area contributed by atoms with Gasteiger partial charge < -0.3 is 10.4 Å². The molecule has 0 aliphatic rings. The third-order valence-corrected chi connectivity index (χ3v) is 4.30. The molecule has 0 spiro atoms. The number of aromatic nitrogens is 2. The molecule has 5 nitrogen and oxygen atoms in total. The van der Waals surface area contributed by atoms with Crippen LogP contribution in [0.2, 0.25) is 0 Å². The number of carboxylic acid groups (broad SMARTS) is 1. The van der Waals surface area contributed by atoms with Crippen molar-refractivity contribution < 1.29 is 9.90 Å². The summed E-state index contributed by atoms with van der Waals surface area (Å²) < 4.78 is 0. The molecule has 110 valence electrons. The zero-order valence-electron chi connectivity index (χ0n) is 11.7. The van der Waals surface area contributed by atoms with Gasteiger partial charge in [-0.15, -0.1) is 11.8 Å². The van der Waals surface area contributed by atoms with Crippen LogP contribution in [0.1, 0.15) is 15.9 Å². The summed E-state index contributed by atoms with van der Waals surface area (Å²) in [4.78, 5) is 20.0. The standard InChI is InChI=1S/C14H15N3O2S2/c1-15-11-10(13(18)19)12(17-14(16-11)20-2)21-8-9-6-4-3-5-7-9/h3-7H,8H2,1-2H3,(H,18,19)(H,15,16,17). The smallest absolute Gasteiger partial charge is 0.342 e. The molecular formula is C14H15N3O2S2. The quantitative estimate of drug-likeness (QED) is 0.480. The van der Waals surface area contributed by atoms with E-state index in [1.807, 2.05) is 36.6 Å². The fourth-order valence-electron chi connectivity index (χ4n) is 1.72. The highest BCUT2D eigenvalue weighted by Crippen LogP contribution is 2.30. The lowest BCUT2D eigenvalue weighted by Gasteiger charge is -2.11. The Balaban J connectivity index is 2.34. The monoisotopic (exact) mass is 321 g/mol. The van der Waals surface area contributed by atoms with E-state index in [9.17, 15) is 9.90 Å². The molecule has 1 aromatic heterocycles. The van der Waals surface area contributed by atoms with Crippen LogP contribution < -0.4 is 5.32 Å². The number of nitrogens with one attached hydrogen (secondary N) is 1. The number of anilines is 1. The number of thioether (sulfide) groups is 2. The van der Waals surface area contributed by atoms with Crippen LogP contribution in [0.15, 0.2) is 40.5 Å². The summed E-state index contributed by atoms with van der Waals surface area (Å²) in [5, 5.41) is 13.3. The molecule has 21 heavy (non-hydrogen) atoms. The van der Waals surface area contributed by atoms with Gasteiger partial charge in [-0.25, -0.2) is 14.8 Å². The number of hydrogen-bond acceptors (Lipinski definition) is 6. The molecule has 2 aromatic rings. The van der Waals surface area contributed by atoms with E-state index < -0.39 is 5.97 Å². The average molecular weight is 321 g/mol. The van der Waals surface area contributed by atoms with E-state index in [1.165, 1.54) is 23.5 Å². The molecule has 0 aliphatic heterocycles. The van der Waals surface area contributed by atoms with Gasteiger partial charge in [0.2, 0.25) is 0 Å². The fourth-order valence-corrected chi connectivity index (χ4v) is 3.11. The molecule has 0 aliphatic carbocycles. The number of hydrogen-bond donors (Lipinski definition) is 2. The highest BCUT2D eigenvalue weighted by atomic mass is 32.2. The van der Waals surface area contributed by atoms with Gasteiger partial charge in [0.05, 0.1) is 0 Å². The van der Waals surface area contributed by atoms with Crippen LogP contribution in [0, 0.1) is 0 Å². The zero-order valence-corrected chi connectivity index (χ0v) is 13.3. The van der Waals surface area contributed by atoms with Gasteiger partial charge in [-0.1, -0.05) is 42.1 Å². The molecule has 0 saturated carbocycles. The van der Waals surface area contributed by atoms with E-state index >= 15 is 0 Å². The van der Waals surface area contributed by atoms with Crippen molar-refractivity contribution in [1.82, 2.24) is 9.97 Å². The summed E-state index contributed by atoms with van der Waals surface area (Å²) in [6, 6.07) is 9.87. The minimum atomic E-state index is -1.03. The van der Waals surface area contributed by atoms with Gasteiger partial charge in [-0.3, -0.25) is 0 Å². The molecule has 0 radical (unpaired) electrons. The molecule has 2 N–H and O–H groups in total. The lowest BCUT2D eigenvalue weighted by atomic mass is 10.2. The van der Waals surface area contributed by atoms with E-state index in [-0.39, 0.29) is 5.56 Å². The molecule has 0 amide bonds. The Morgan fingerprint density at radius 2 is 2.00 bits per heavy atom. The van der Waals surface area contributed by atoms with E-state index in [2.05, 4.69) is 15.3 Å². The van der Waals surface area contributed by atoms with Crippen LogP contribution in [-0.2, 0) is 5.75 Å². The highest BCUT2D eigenvalue weighted by molar-refractivity contribution is 7.99. The van der Waals surface area contributed by atoms with Crippen LogP contribution in [0.5, 0.6) is 0 Å². The summed E-state index contributed by atoms with van der Waals surface area (Å²) >= 11 is 2.79. The van der Waals surface area contributed by atoms with Gasteiger partial charge in [0.15, 0.2) is 5.16 Å². The predicted octanol–water partition coefficient (Wildman–Crippen LogP) is 3.23. The molecule has 1 heterocycles. The third kappa shape index (κ3) is 3.89. The van der Waals surface area contributed by atoms with E-state index in [4.69, 9.17) is 0 Å². The van der Waals surface area contributed by atoms with Crippen molar-refractivity contribution in [3.8, 4) is 0 Å². The molecule has 0 fully saturated rings. The third-order valence-electron chi connectivity index (χ3n) is 2.71. The number of carbonyl (C=O) groups is 1. The maximum atomic E-state index is 11.5. The Hall–Kier alpha value is -1.73. The molecular weight excluding hydrogens is 306 g/mol. The van der Waals surface area contributed by atoms with Crippen molar-refractivity contribution >= 4 is 35.3 Å². The molecule has 0 atom stereocenters. The second-order valence-electron chi connectivity index (χ2n) is 4.07. The first kappa shape index (κ1) is 15.7. The van der Waals surface area contributed by atoms with Gasteiger partial charge in [-0.2, -0.15) is 0 Å². The lowest BCUT2D eigenvalue weighted by molar-refractivity contribution is 0.0692. The first-order valence-corrected chi connectivity index (χ1v) is 8.40. The maximum Gasteiger partial charge on any atom is 0.342 e. The minimum absolute atomic E-state index is 0.122. The molecule has 0 unspecified atom stereocenters. The van der Waals surface area contributed by atoms with E-state index in [0.717, 1.165) is 5.56 Å². The lowest BCUT2D eigenvalue weighted by Crippen LogP contribution is -2.09. The minimum Gasteiger partial charge on any atom is -0.477 e. The topological polar surface area (TPSA) is 75.1 Å². The normalized spacial score (nSPS) is 10.4. The molecule has 1 aromatic carbocycles. The van der Waals surface area contributed by atoms with Crippen LogP contribution in [-0.4, -0.2) is 34.3 Å². The summed E-state index contributed by atoms with van der Waals surface area (Å²) in [5.74, 6) is -0.0188. The Bertz CT molecular complexity index is 636. The van der Waals surface area contributed by atoms with Gasteiger partial charge in [0, 0.05) is 12.8 Å². The van der Waals surface area contributed by atoms with Gasteiger partial charge in [-0.05, 0) is 11.8 Å². The molecule has 0 bridgehead atoms. The van der Waals surface area contributed by atoms with Gasteiger partial charge in [0.1, 0.15) is 16.4 Å². The number of carboxylic acids is 1. The number of rotatable bonds is 6. The zero-order chi connectivity index (χ0) is 15.2. The number of aromatic carboxylic acids is 1. The van der Waals surface area contributed by atoms with Crippen molar-refractivity contribution in [3.63, 3.8) is 0 Å². The molecule has 7 heteroatoms. The Labute approximate surface area is 131 Å². The average Bonchev–Trinajstić information content (AvgIpc) is 2.52. The predicted molar refractivity (Wildman–Crippen MR) is 86.3 cm³/mol. The van der Waals surface area contributed by atoms with Crippen LogP contribution in [0.4, 0.5) is 5.82 Å². The van der Waals surface area contributed by atoms with Crippen LogP contribution in [0.3, 0.4) is 0 Å². The van der Waals surface area contributed by atoms with Crippen molar-refractivity contribution in [1.29, 1.82) is 0 Å². The first-order valence-electron chi connectivity index (χ1n) is 6.19. The van der Waals surface area contributed by atoms with Gasteiger partial charge >= 0.3 is 5.97 Å². The summed E-state index contributed by atoms with van der Waals surface area (Å²) in [7, 11) is 1.66. The Morgan fingerprint density at radius 1 is 1.29 bits per heavy atom. The fraction of sp³-hybridized carbons (Fsp3) is 0.214. The van der Waals surface area contributed by atoms with Crippen molar-refractivity contribution in [3.05, 3.63) is 41.5 Å². The second-order valence-corrected chi connectivity index (χ2v) is 5.81. The van der Waals surface area contributed by atoms with Gasteiger partial charge in [0.25, 0.3) is 0 Å². The summed E-state index contributed by atoms with van der Waals surface area (Å²) in [6.07, 6.45) is 1.86. The number of nitrogens with zero attached hydrogens (tertiary/aromatic N) is 2. The van der Waals surface area contributed by atoms with Crippen molar-refractivity contribution in [2.75, 3.05) is 18.6 Å².